The molecule has 0 spiro atoms. The summed E-state index contributed by atoms with van der Waals surface area (Å²) in [6.45, 7) is 1.47. The van der Waals surface area contributed by atoms with Gasteiger partial charge in [-0.1, -0.05) is 0 Å². The van der Waals surface area contributed by atoms with Crippen molar-refractivity contribution in [2.75, 3.05) is 17.6 Å². The van der Waals surface area contributed by atoms with Crippen LogP contribution in [0.15, 0.2) is 31.0 Å². The monoisotopic (exact) mass is 228 g/mol. The van der Waals surface area contributed by atoms with E-state index in [0.29, 0.717) is 23.6 Å². The minimum atomic E-state index is 0.461. The van der Waals surface area contributed by atoms with E-state index in [4.69, 9.17) is 11.0 Å². The van der Waals surface area contributed by atoms with E-state index in [0.717, 1.165) is 6.54 Å². The van der Waals surface area contributed by atoms with Crippen molar-refractivity contribution in [1.82, 2.24) is 14.5 Å². The first-order valence-electron chi connectivity index (χ1n) is 5.15. The maximum absolute atomic E-state index is 8.68. The van der Waals surface area contributed by atoms with Crippen LogP contribution in [0.2, 0.25) is 0 Å². The lowest BCUT2D eigenvalue weighted by atomic mass is 10.3. The second-order valence-electron chi connectivity index (χ2n) is 3.50. The van der Waals surface area contributed by atoms with E-state index in [1.807, 2.05) is 16.8 Å². The number of hydrogen-bond donors (Lipinski definition) is 2. The Bertz CT molecular complexity index is 525. The Morgan fingerprint density at radius 2 is 2.41 bits per heavy atom. The summed E-state index contributed by atoms with van der Waals surface area (Å²) in [5.41, 5.74) is 6.70. The lowest BCUT2D eigenvalue weighted by Gasteiger charge is -2.08. The van der Waals surface area contributed by atoms with E-state index in [9.17, 15) is 0 Å². The number of nitrogens with two attached hydrogens (primary N) is 1. The zero-order chi connectivity index (χ0) is 12.1. The normalized spacial score (nSPS) is 9.82. The minimum Gasteiger partial charge on any atom is -0.396 e. The number of rotatable bonds is 4. The fourth-order valence-corrected chi connectivity index (χ4v) is 1.41. The Kier molecular flexibility index (Phi) is 3.21. The van der Waals surface area contributed by atoms with E-state index in [1.54, 1.807) is 18.6 Å². The smallest absolute Gasteiger partial charge is 0.149 e. The van der Waals surface area contributed by atoms with Crippen molar-refractivity contribution in [3.8, 4) is 6.07 Å². The fourth-order valence-electron chi connectivity index (χ4n) is 1.41. The summed E-state index contributed by atoms with van der Waals surface area (Å²) >= 11 is 0. The van der Waals surface area contributed by atoms with Gasteiger partial charge < -0.3 is 15.6 Å². The third kappa shape index (κ3) is 2.72. The summed E-state index contributed by atoms with van der Waals surface area (Å²) in [6.07, 6.45) is 6.86. The van der Waals surface area contributed by atoms with Crippen molar-refractivity contribution in [1.29, 1.82) is 5.26 Å². The number of nitrogens with one attached hydrogen (secondary N) is 1. The first-order chi connectivity index (χ1) is 8.29. The molecule has 2 rings (SSSR count). The van der Waals surface area contributed by atoms with Gasteiger partial charge in [-0.2, -0.15) is 5.26 Å². The number of aromatic nitrogens is 3. The van der Waals surface area contributed by atoms with Crippen molar-refractivity contribution in [3.05, 3.63) is 36.5 Å². The van der Waals surface area contributed by atoms with Gasteiger partial charge in [-0.15, -0.1) is 0 Å². The predicted octanol–water partition coefficient (Wildman–Crippen LogP) is 0.844. The first-order valence-corrected chi connectivity index (χ1v) is 5.15. The van der Waals surface area contributed by atoms with Gasteiger partial charge in [0.05, 0.1) is 17.6 Å². The quantitative estimate of drug-likeness (QED) is 0.809. The molecule has 0 aromatic carbocycles. The molecule has 6 nitrogen and oxygen atoms in total. The van der Waals surface area contributed by atoms with Gasteiger partial charge in [0.25, 0.3) is 0 Å². The summed E-state index contributed by atoms with van der Waals surface area (Å²) in [7, 11) is 0. The SMILES string of the molecule is N#Cc1cnc(NCCn2ccnc2)c(N)c1. The predicted molar refractivity (Wildman–Crippen MR) is 64.1 cm³/mol. The molecule has 0 bridgehead atoms. The third-order valence-corrected chi connectivity index (χ3v) is 2.27. The molecule has 0 saturated carbocycles. The number of nitriles is 1. The van der Waals surface area contributed by atoms with Crippen LogP contribution in [0.1, 0.15) is 5.56 Å². The van der Waals surface area contributed by atoms with Gasteiger partial charge in [0.1, 0.15) is 11.9 Å². The van der Waals surface area contributed by atoms with Crippen LogP contribution in [0.4, 0.5) is 11.5 Å². The zero-order valence-electron chi connectivity index (χ0n) is 9.17. The number of anilines is 2. The van der Waals surface area contributed by atoms with Gasteiger partial charge in [0.2, 0.25) is 0 Å². The van der Waals surface area contributed by atoms with Crippen LogP contribution in [0, 0.1) is 11.3 Å². The molecule has 0 fully saturated rings. The molecular formula is C11H12N6. The highest BCUT2D eigenvalue weighted by Gasteiger charge is 2.01. The molecule has 0 amide bonds. The van der Waals surface area contributed by atoms with Crippen molar-refractivity contribution >= 4 is 11.5 Å². The number of nitrogen functional groups attached to an aromatic ring is 1. The van der Waals surface area contributed by atoms with Crippen molar-refractivity contribution in [2.45, 2.75) is 6.54 Å². The third-order valence-electron chi connectivity index (χ3n) is 2.27. The molecule has 2 aromatic rings. The Hall–Kier alpha value is -2.55. The highest BCUT2D eigenvalue weighted by atomic mass is 15.1. The Labute approximate surface area is 98.7 Å². The Balaban J connectivity index is 1.93. The molecule has 0 aliphatic carbocycles. The molecule has 0 radical (unpaired) electrons. The number of nitrogens with zero attached hydrogens (tertiary/aromatic N) is 4. The maximum Gasteiger partial charge on any atom is 0.149 e. The molecule has 0 atom stereocenters. The fraction of sp³-hybridized carbons (Fsp3) is 0.182. The van der Waals surface area contributed by atoms with E-state index >= 15 is 0 Å². The van der Waals surface area contributed by atoms with Crippen LogP contribution in [0.5, 0.6) is 0 Å². The minimum absolute atomic E-state index is 0.461. The first kappa shape index (κ1) is 11.0. The molecule has 0 aliphatic rings. The summed E-state index contributed by atoms with van der Waals surface area (Å²) in [5, 5.41) is 11.8. The standard InChI is InChI=1S/C11H12N6/c12-6-9-5-10(13)11(16-7-9)15-2-4-17-3-1-14-8-17/h1,3,5,7-8H,2,4,13H2,(H,15,16). The highest BCUT2D eigenvalue weighted by molar-refractivity contribution is 5.62. The molecule has 0 unspecified atom stereocenters. The average Bonchev–Trinajstić information content (AvgIpc) is 2.84. The van der Waals surface area contributed by atoms with Crippen LogP contribution in [-0.4, -0.2) is 21.1 Å². The van der Waals surface area contributed by atoms with Crippen LogP contribution in [0.25, 0.3) is 0 Å². The average molecular weight is 228 g/mol. The van der Waals surface area contributed by atoms with E-state index in [2.05, 4.69) is 15.3 Å². The number of hydrogen-bond acceptors (Lipinski definition) is 5. The van der Waals surface area contributed by atoms with Gasteiger partial charge in [-0.05, 0) is 6.07 Å². The largest absolute Gasteiger partial charge is 0.396 e. The van der Waals surface area contributed by atoms with E-state index in [1.165, 1.54) is 6.20 Å². The van der Waals surface area contributed by atoms with Crippen molar-refractivity contribution < 1.29 is 0 Å². The molecular weight excluding hydrogens is 216 g/mol. The van der Waals surface area contributed by atoms with Crippen LogP contribution >= 0.6 is 0 Å². The summed E-state index contributed by atoms with van der Waals surface area (Å²) in [5.74, 6) is 0.601. The second kappa shape index (κ2) is 4.99. The molecule has 2 aromatic heterocycles. The van der Waals surface area contributed by atoms with Crippen molar-refractivity contribution in [3.63, 3.8) is 0 Å². The van der Waals surface area contributed by atoms with Gasteiger partial charge in [0.15, 0.2) is 0 Å². The van der Waals surface area contributed by atoms with Crippen LogP contribution in [0.3, 0.4) is 0 Å². The Morgan fingerprint density at radius 1 is 1.53 bits per heavy atom. The lowest BCUT2D eigenvalue weighted by molar-refractivity contribution is 0.725. The summed E-state index contributed by atoms with van der Waals surface area (Å²) < 4.78 is 1.95. The van der Waals surface area contributed by atoms with E-state index in [-0.39, 0.29) is 0 Å². The van der Waals surface area contributed by atoms with E-state index < -0.39 is 0 Å². The van der Waals surface area contributed by atoms with Crippen LogP contribution < -0.4 is 11.1 Å². The highest BCUT2D eigenvalue weighted by Crippen LogP contribution is 2.15. The van der Waals surface area contributed by atoms with Gasteiger partial charge in [-0.3, -0.25) is 0 Å². The molecule has 17 heavy (non-hydrogen) atoms. The zero-order valence-corrected chi connectivity index (χ0v) is 9.17. The lowest BCUT2D eigenvalue weighted by Crippen LogP contribution is -2.11. The molecule has 0 saturated heterocycles. The molecule has 2 heterocycles. The molecule has 0 aliphatic heterocycles. The van der Waals surface area contributed by atoms with Crippen LogP contribution in [-0.2, 0) is 6.54 Å². The second-order valence-corrected chi connectivity index (χ2v) is 3.50. The topological polar surface area (TPSA) is 92.5 Å². The maximum atomic E-state index is 8.68. The van der Waals surface area contributed by atoms with Crippen molar-refractivity contribution in [2.24, 2.45) is 0 Å². The summed E-state index contributed by atoms with van der Waals surface area (Å²) in [6, 6.07) is 3.59. The number of pyridine rings is 1. The Morgan fingerprint density at radius 3 is 3.06 bits per heavy atom. The molecule has 3 N–H and O–H groups in total. The number of imidazole rings is 1. The van der Waals surface area contributed by atoms with Gasteiger partial charge >= 0.3 is 0 Å². The molecule has 6 heteroatoms. The molecule has 86 valence electrons. The summed E-state index contributed by atoms with van der Waals surface area (Å²) in [4.78, 5) is 8.03. The van der Waals surface area contributed by atoms with Gasteiger partial charge in [0, 0.05) is 31.7 Å². The van der Waals surface area contributed by atoms with Gasteiger partial charge in [-0.25, -0.2) is 9.97 Å².